The summed E-state index contributed by atoms with van der Waals surface area (Å²) in [5, 5.41) is 2.61. The van der Waals surface area contributed by atoms with E-state index in [1.165, 1.54) is 12.1 Å². The summed E-state index contributed by atoms with van der Waals surface area (Å²) in [6, 6.07) is 2.56. The van der Waals surface area contributed by atoms with Gasteiger partial charge in [-0.3, -0.25) is 9.59 Å². The molecule has 1 aromatic carbocycles. The molecule has 0 aromatic heterocycles. The highest BCUT2D eigenvalue weighted by Gasteiger charge is 2.30. The van der Waals surface area contributed by atoms with E-state index in [2.05, 4.69) is 5.32 Å². The smallest absolute Gasteiger partial charge is 0.225 e. The molecule has 1 saturated heterocycles. The van der Waals surface area contributed by atoms with Gasteiger partial charge in [0.1, 0.15) is 11.6 Å². The number of hydrogen-bond donors (Lipinski definition) is 1. The van der Waals surface area contributed by atoms with Crippen LogP contribution in [0.4, 0.5) is 8.78 Å². The van der Waals surface area contributed by atoms with Gasteiger partial charge in [0.25, 0.3) is 0 Å². The first-order valence-corrected chi connectivity index (χ1v) is 8.43. The first-order valence-electron chi connectivity index (χ1n) is 8.43. The van der Waals surface area contributed by atoms with Gasteiger partial charge >= 0.3 is 0 Å². The lowest BCUT2D eigenvalue weighted by Gasteiger charge is -2.32. The quantitative estimate of drug-likeness (QED) is 0.847. The van der Waals surface area contributed by atoms with E-state index in [0.717, 1.165) is 6.54 Å². The summed E-state index contributed by atoms with van der Waals surface area (Å²) < 4.78 is 27.8. The number of hydrogen-bond acceptors (Lipinski definition) is 3. The molecule has 1 aromatic rings. The summed E-state index contributed by atoms with van der Waals surface area (Å²) >= 11 is 0. The van der Waals surface area contributed by atoms with Gasteiger partial charge in [-0.15, -0.1) is 0 Å². The molecule has 0 aliphatic carbocycles. The van der Waals surface area contributed by atoms with Crippen molar-refractivity contribution in [3.8, 4) is 0 Å². The van der Waals surface area contributed by atoms with Crippen molar-refractivity contribution in [1.29, 1.82) is 0 Å². The number of likely N-dealkylation sites (N-methyl/N-ethyl adjacent to an activating group) is 1. The number of amides is 2. The molecule has 25 heavy (non-hydrogen) atoms. The van der Waals surface area contributed by atoms with Crippen LogP contribution in [-0.2, 0) is 16.1 Å². The number of likely N-dealkylation sites (tertiary alicyclic amines) is 1. The van der Waals surface area contributed by atoms with Crippen molar-refractivity contribution >= 4 is 11.8 Å². The van der Waals surface area contributed by atoms with Crippen LogP contribution in [0.25, 0.3) is 0 Å². The fourth-order valence-electron chi connectivity index (χ4n) is 2.86. The molecule has 0 radical (unpaired) electrons. The molecule has 0 unspecified atom stereocenters. The predicted octanol–water partition coefficient (Wildman–Crippen LogP) is 1.69. The van der Waals surface area contributed by atoms with Crippen LogP contribution in [-0.4, -0.2) is 55.3 Å². The molecule has 1 aliphatic rings. The fraction of sp³-hybridized carbons (Fsp3) is 0.556. The molecule has 1 aliphatic heterocycles. The van der Waals surface area contributed by atoms with E-state index < -0.39 is 11.6 Å². The molecule has 0 bridgehead atoms. The standard InChI is InChI=1S/C18H25F2N3O2/c1-12-4-6-15(19)14(17(12)20)10-21-18(25)13-5-7-16(24)23(11-13)9-8-22(2)3/h4,6,13H,5,7-11H2,1-3H3,(H,21,25)/t13-/m0/s1. The molecule has 2 rings (SSSR count). The lowest BCUT2D eigenvalue weighted by molar-refractivity contribution is -0.138. The van der Waals surface area contributed by atoms with E-state index in [9.17, 15) is 18.4 Å². The summed E-state index contributed by atoms with van der Waals surface area (Å²) in [5.74, 6) is -1.89. The van der Waals surface area contributed by atoms with Crippen molar-refractivity contribution in [2.75, 3.05) is 33.7 Å². The maximum atomic E-state index is 14.0. The molecule has 1 fully saturated rings. The van der Waals surface area contributed by atoms with Crippen molar-refractivity contribution in [3.63, 3.8) is 0 Å². The third-order valence-corrected chi connectivity index (χ3v) is 4.51. The van der Waals surface area contributed by atoms with Crippen molar-refractivity contribution in [2.45, 2.75) is 26.3 Å². The lowest BCUT2D eigenvalue weighted by atomic mass is 9.96. The minimum atomic E-state index is -0.671. The maximum absolute atomic E-state index is 14.0. The molecule has 7 heteroatoms. The zero-order valence-corrected chi connectivity index (χ0v) is 14.9. The molecule has 0 spiro atoms. The number of nitrogens with zero attached hydrogens (tertiary/aromatic N) is 2. The number of piperidine rings is 1. The lowest BCUT2D eigenvalue weighted by Crippen LogP contribution is -2.47. The van der Waals surface area contributed by atoms with Gasteiger partial charge in [-0.05, 0) is 39.1 Å². The Labute approximate surface area is 147 Å². The van der Waals surface area contributed by atoms with Gasteiger partial charge in [0.15, 0.2) is 0 Å². The second kappa shape index (κ2) is 8.38. The average molecular weight is 353 g/mol. The Hall–Kier alpha value is -2.02. The van der Waals surface area contributed by atoms with Crippen LogP contribution in [0.5, 0.6) is 0 Å². The Kier molecular flexibility index (Phi) is 6.47. The van der Waals surface area contributed by atoms with E-state index in [-0.39, 0.29) is 29.8 Å². The fourth-order valence-corrected chi connectivity index (χ4v) is 2.86. The van der Waals surface area contributed by atoms with Gasteiger partial charge in [-0.1, -0.05) is 6.07 Å². The summed E-state index contributed by atoms with van der Waals surface area (Å²) in [6.45, 7) is 2.99. The van der Waals surface area contributed by atoms with Gasteiger partial charge in [0.2, 0.25) is 11.8 Å². The highest BCUT2D eigenvalue weighted by Crippen LogP contribution is 2.19. The zero-order chi connectivity index (χ0) is 18.6. The first-order chi connectivity index (χ1) is 11.8. The first kappa shape index (κ1) is 19.3. The van der Waals surface area contributed by atoms with Crippen LogP contribution in [0, 0.1) is 24.5 Å². The minimum absolute atomic E-state index is 0.0432. The third kappa shape index (κ3) is 4.98. The SMILES string of the molecule is Cc1ccc(F)c(CNC(=O)[C@H]2CCC(=O)N(CCN(C)C)C2)c1F. The second-order valence-corrected chi connectivity index (χ2v) is 6.75. The van der Waals surface area contributed by atoms with E-state index in [0.29, 0.717) is 31.5 Å². The van der Waals surface area contributed by atoms with Crippen molar-refractivity contribution in [3.05, 3.63) is 34.9 Å². The van der Waals surface area contributed by atoms with Crippen molar-refractivity contribution in [2.24, 2.45) is 5.92 Å². The molecule has 5 nitrogen and oxygen atoms in total. The molecule has 0 saturated carbocycles. The van der Waals surface area contributed by atoms with Gasteiger partial charge in [0.05, 0.1) is 5.92 Å². The van der Waals surface area contributed by atoms with E-state index >= 15 is 0 Å². The minimum Gasteiger partial charge on any atom is -0.352 e. The number of carbonyl (C=O) groups excluding carboxylic acids is 2. The summed E-state index contributed by atoms with van der Waals surface area (Å²) in [6.07, 6.45) is 0.778. The van der Waals surface area contributed by atoms with E-state index in [1.807, 2.05) is 19.0 Å². The molecule has 1 heterocycles. The topological polar surface area (TPSA) is 52.7 Å². The Morgan fingerprint density at radius 1 is 1.36 bits per heavy atom. The average Bonchev–Trinajstić information content (AvgIpc) is 2.57. The number of nitrogens with one attached hydrogen (secondary N) is 1. The largest absolute Gasteiger partial charge is 0.352 e. The normalized spacial score (nSPS) is 17.9. The molecule has 1 atom stereocenters. The number of carbonyl (C=O) groups is 2. The maximum Gasteiger partial charge on any atom is 0.225 e. The van der Waals surface area contributed by atoms with Gasteiger partial charge in [-0.2, -0.15) is 0 Å². The van der Waals surface area contributed by atoms with Crippen LogP contribution in [0.1, 0.15) is 24.0 Å². The molecule has 138 valence electrons. The van der Waals surface area contributed by atoms with Gasteiger partial charge in [0, 0.05) is 38.2 Å². The molecule has 2 amide bonds. The second-order valence-electron chi connectivity index (χ2n) is 6.75. The Morgan fingerprint density at radius 3 is 2.76 bits per heavy atom. The van der Waals surface area contributed by atoms with Crippen molar-refractivity contribution in [1.82, 2.24) is 15.1 Å². The number of aryl methyl sites for hydroxylation is 1. The van der Waals surface area contributed by atoms with Crippen LogP contribution >= 0.6 is 0 Å². The number of rotatable bonds is 6. The number of benzene rings is 1. The van der Waals surface area contributed by atoms with Crippen LogP contribution in [0.3, 0.4) is 0 Å². The van der Waals surface area contributed by atoms with Crippen LogP contribution in [0.2, 0.25) is 0 Å². The monoisotopic (exact) mass is 353 g/mol. The molecular weight excluding hydrogens is 328 g/mol. The van der Waals surface area contributed by atoms with Gasteiger partial charge in [-0.25, -0.2) is 8.78 Å². The predicted molar refractivity (Wildman–Crippen MR) is 90.8 cm³/mol. The molecular formula is C18H25F2N3O2. The summed E-state index contributed by atoms with van der Waals surface area (Å²) in [5.41, 5.74) is 0.202. The van der Waals surface area contributed by atoms with Crippen LogP contribution < -0.4 is 5.32 Å². The van der Waals surface area contributed by atoms with E-state index in [1.54, 1.807) is 11.8 Å². The highest BCUT2D eigenvalue weighted by molar-refractivity contribution is 5.83. The molecule has 1 N–H and O–H groups in total. The Balaban J connectivity index is 1.95. The van der Waals surface area contributed by atoms with Crippen molar-refractivity contribution < 1.29 is 18.4 Å². The Bertz CT molecular complexity index is 649. The summed E-state index contributed by atoms with van der Waals surface area (Å²) in [7, 11) is 3.84. The zero-order valence-electron chi connectivity index (χ0n) is 14.9. The Morgan fingerprint density at radius 2 is 2.08 bits per heavy atom. The highest BCUT2D eigenvalue weighted by atomic mass is 19.1. The van der Waals surface area contributed by atoms with Crippen LogP contribution in [0.15, 0.2) is 12.1 Å². The third-order valence-electron chi connectivity index (χ3n) is 4.51. The number of halogens is 2. The van der Waals surface area contributed by atoms with Gasteiger partial charge < -0.3 is 15.1 Å². The van der Waals surface area contributed by atoms with E-state index in [4.69, 9.17) is 0 Å². The summed E-state index contributed by atoms with van der Waals surface area (Å²) in [4.78, 5) is 28.0.